The first-order valence-electron chi connectivity index (χ1n) is 5.81. The second-order valence-electron chi connectivity index (χ2n) is 4.23. The van der Waals surface area contributed by atoms with Crippen molar-refractivity contribution in [3.63, 3.8) is 0 Å². The molecule has 1 aromatic heterocycles. The average molecular weight is 293 g/mol. The summed E-state index contributed by atoms with van der Waals surface area (Å²) in [4.78, 5) is 19.5. The van der Waals surface area contributed by atoms with E-state index >= 15 is 0 Å². The summed E-state index contributed by atoms with van der Waals surface area (Å²) in [6, 6.07) is 2.86. The molecule has 0 atom stereocenters. The summed E-state index contributed by atoms with van der Waals surface area (Å²) in [5.74, 6) is -1.10. The molecule has 0 unspecified atom stereocenters. The number of benzene rings is 1. The van der Waals surface area contributed by atoms with E-state index in [1.165, 1.54) is 12.1 Å². The van der Waals surface area contributed by atoms with Crippen molar-refractivity contribution < 1.29 is 9.90 Å². The first-order chi connectivity index (χ1) is 9.47. The van der Waals surface area contributed by atoms with Gasteiger partial charge in [0.1, 0.15) is 0 Å². The first kappa shape index (κ1) is 14.1. The van der Waals surface area contributed by atoms with Crippen molar-refractivity contribution in [2.75, 3.05) is 11.1 Å². The van der Waals surface area contributed by atoms with Crippen LogP contribution >= 0.6 is 11.6 Å². The molecule has 2 aromatic rings. The molecule has 1 heterocycles. The molecule has 2 rings (SSSR count). The number of hydrogen-bond donors (Lipinski definition) is 3. The Kier molecular flexibility index (Phi) is 4.05. The van der Waals surface area contributed by atoms with Gasteiger partial charge in [0.25, 0.3) is 0 Å². The van der Waals surface area contributed by atoms with Crippen molar-refractivity contribution >= 4 is 28.9 Å². The Labute approximate surface area is 120 Å². The number of carbonyl (C=O) groups is 1. The van der Waals surface area contributed by atoms with Crippen molar-refractivity contribution in [1.82, 2.24) is 9.97 Å². The Hall–Kier alpha value is -2.34. The van der Waals surface area contributed by atoms with Crippen molar-refractivity contribution in [3.05, 3.63) is 46.5 Å². The standard InChI is InChI=1S/C13H13ClN4O2/c1-7-4-17-9(5-16-7)6-18-12-10(13(19)20)2-8(15)3-11(12)14/h2-5,18H,6,15H2,1H3,(H,19,20). The van der Waals surface area contributed by atoms with Crippen LogP contribution in [0.2, 0.25) is 5.02 Å². The van der Waals surface area contributed by atoms with Crippen LogP contribution in [0.3, 0.4) is 0 Å². The lowest BCUT2D eigenvalue weighted by atomic mass is 10.1. The molecule has 0 fully saturated rings. The lowest BCUT2D eigenvalue weighted by Crippen LogP contribution is -2.09. The fourth-order valence-corrected chi connectivity index (χ4v) is 1.96. The second-order valence-corrected chi connectivity index (χ2v) is 4.64. The van der Waals surface area contributed by atoms with Gasteiger partial charge in [0.05, 0.1) is 40.4 Å². The lowest BCUT2D eigenvalue weighted by Gasteiger charge is -2.12. The van der Waals surface area contributed by atoms with E-state index in [4.69, 9.17) is 22.4 Å². The second kappa shape index (κ2) is 5.75. The number of aromatic carboxylic acids is 1. The highest BCUT2D eigenvalue weighted by Gasteiger charge is 2.14. The van der Waals surface area contributed by atoms with E-state index in [0.29, 0.717) is 23.6 Å². The summed E-state index contributed by atoms with van der Waals surface area (Å²) in [5.41, 5.74) is 7.72. The monoisotopic (exact) mass is 292 g/mol. The molecule has 0 amide bonds. The maximum atomic E-state index is 11.2. The highest BCUT2D eigenvalue weighted by Crippen LogP contribution is 2.29. The first-order valence-corrected chi connectivity index (χ1v) is 6.19. The topological polar surface area (TPSA) is 101 Å². The van der Waals surface area contributed by atoms with E-state index < -0.39 is 5.97 Å². The van der Waals surface area contributed by atoms with Crippen LogP contribution in [0.15, 0.2) is 24.5 Å². The van der Waals surface area contributed by atoms with Crippen LogP contribution in [0.4, 0.5) is 11.4 Å². The predicted octanol–water partition coefficient (Wildman–Crippen LogP) is 2.33. The number of nitrogens with zero attached hydrogens (tertiary/aromatic N) is 2. The van der Waals surface area contributed by atoms with E-state index in [0.717, 1.165) is 5.69 Å². The van der Waals surface area contributed by atoms with Gasteiger partial charge in [-0.05, 0) is 19.1 Å². The van der Waals surface area contributed by atoms with Gasteiger partial charge in [-0.3, -0.25) is 9.97 Å². The number of carboxylic acid groups (broad SMARTS) is 1. The molecule has 104 valence electrons. The summed E-state index contributed by atoms with van der Waals surface area (Å²) in [5, 5.41) is 12.4. The average Bonchev–Trinajstić information content (AvgIpc) is 2.38. The van der Waals surface area contributed by atoms with Gasteiger partial charge in [0.2, 0.25) is 0 Å². The number of carboxylic acids is 1. The van der Waals surface area contributed by atoms with Crippen LogP contribution in [0.25, 0.3) is 0 Å². The molecule has 6 nitrogen and oxygen atoms in total. The molecule has 0 aliphatic heterocycles. The molecule has 0 spiro atoms. The zero-order valence-electron chi connectivity index (χ0n) is 10.7. The molecular weight excluding hydrogens is 280 g/mol. The minimum Gasteiger partial charge on any atom is -0.478 e. The van der Waals surface area contributed by atoms with Gasteiger partial charge in [0, 0.05) is 11.9 Å². The molecule has 1 aromatic carbocycles. The molecule has 0 aliphatic rings. The number of nitrogen functional groups attached to an aromatic ring is 1. The molecule has 0 bridgehead atoms. The zero-order chi connectivity index (χ0) is 14.7. The summed E-state index contributed by atoms with van der Waals surface area (Å²) < 4.78 is 0. The Balaban J connectivity index is 2.24. The Bertz CT molecular complexity index is 644. The fourth-order valence-electron chi connectivity index (χ4n) is 1.67. The van der Waals surface area contributed by atoms with Crippen molar-refractivity contribution in [2.24, 2.45) is 0 Å². The van der Waals surface area contributed by atoms with Gasteiger partial charge in [-0.1, -0.05) is 11.6 Å². The highest BCUT2D eigenvalue weighted by molar-refractivity contribution is 6.34. The highest BCUT2D eigenvalue weighted by atomic mass is 35.5. The third-order valence-electron chi connectivity index (χ3n) is 2.62. The number of aryl methyl sites for hydroxylation is 1. The number of hydrogen-bond acceptors (Lipinski definition) is 5. The smallest absolute Gasteiger partial charge is 0.337 e. The fraction of sp³-hybridized carbons (Fsp3) is 0.154. The van der Waals surface area contributed by atoms with Gasteiger partial charge in [-0.15, -0.1) is 0 Å². The zero-order valence-corrected chi connectivity index (χ0v) is 11.5. The Morgan fingerprint density at radius 1 is 1.40 bits per heavy atom. The summed E-state index contributed by atoms with van der Waals surface area (Å²) in [7, 11) is 0. The van der Waals surface area contributed by atoms with E-state index in [9.17, 15) is 4.79 Å². The number of halogens is 1. The molecule has 0 radical (unpaired) electrons. The van der Waals surface area contributed by atoms with E-state index in [-0.39, 0.29) is 10.6 Å². The van der Waals surface area contributed by atoms with Crippen molar-refractivity contribution in [2.45, 2.75) is 13.5 Å². The molecule has 7 heteroatoms. The maximum Gasteiger partial charge on any atom is 0.337 e. The predicted molar refractivity (Wildman–Crippen MR) is 76.9 cm³/mol. The largest absolute Gasteiger partial charge is 0.478 e. The summed E-state index contributed by atoms with van der Waals surface area (Å²) in [6.07, 6.45) is 3.26. The molecule has 4 N–H and O–H groups in total. The minimum atomic E-state index is -1.10. The quantitative estimate of drug-likeness (QED) is 0.748. The number of anilines is 2. The third kappa shape index (κ3) is 3.16. The number of aromatic nitrogens is 2. The third-order valence-corrected chi connectivity index (χ3v) is 2.92. The summed E-state index contributed by atoms with van der Waals surface area (Å²) >= 11 is 6.03. The Morgan fingerprint density at radius 3 is 2.75 bits per heavy atom. The van der Waals surface area contributed by atoms with Crippen LogP contribution in [-0.2, 0) is 6.54 Å². The van der Waals surface area contributed by atoms with E-state index in [1.807, 2.05) is 6.92 Å². The maximum absolute atomic E-state index is 11.2. The SMILES string of the molecule is Cc1cnc(CNc2c(Cl)cc(N)cc2C(=O)O)cn1. The van der Waals surface area contributed by atoms with Crippen molar-refractivity contribution in [3.8, 4) is 0 Å². The van der Waals surface area contributed by atoms with Crippen LogP contribution in [0.5, 0.6) is 0 Å². The van der Waals surface area contributed by atoms with Gasteiger partial charge >= 0.3 is 5.97 Å². The lowest BCUT2D eigenvalue weighted by molar-refractivity contribution is 0.0698. The number of rotatable bonds is 4. The molecule has 0 aliphatic carbocycles. The number of nitrogens with one attached hydrogen (secondary N) is 1. The van der Waals surface area contributed by atoms with Gasteiger partial charge in [0.15, 0.2) is 0 Å². The normalized spacial score (nSPS) is 10.3. The van der Waals surface area contributed by atoms with Gasteiger partial charge in [-0.2, -0.15) is 0 Å². The van der Waals surface area contributed by atoms with Gasteiger partial charge in [-0.25, -0.2) is 4.79 Å². The minimum absolute atomic E-state index is 0.0232. The van der Waals surface area contributed by atoms with E-state index in [2.05, 4.69) is 15.3 Å². The van der Waals surface area contributed by atoms with Crippen LogP contribution in [-0.4, -0.2) is 21.0 Å². The molecule has 0 saturated carbocycles. The summed E-state index contributed by atoms with van der Waals surface area (Å²) in [6.45, 7) is 2.15. The van der Waals surface area contributed by atoms with Gasteiger partial charge < -0.3 is 16.2 Å². The van der Waals surface area contributed by atoms with Crippen LogP contribution in [0, 0.1) is 6.92 Å². The van der Waals surface area contributed by atoms with E-state index in [1.54, 1.807) is 12.4 Å². The number of nitrogens with two attached hydrogens (primary N) is 1. The molecule has 0 saturated heterocycles. The Morgan fingerprint density at radius 2 is 2.15 bits per heavy atom. The van der Waals surface area contributed by atoms with Crippen LogP contribution < -0.4 is 11.1 Å². The molecule has 20 heavy (non-hydrogen) atoms. The molecular formula is C13H13ClN4O2. The van der Waals surface area contributed by atoms with Crippen LogP contribution in [0.1, 0.15) is 21.7 Å². The van der Waals surface area contributed by atoms with Crippen molar-refractivity contribution in [1.29, 1.82) is 0 Å².